The average molecular weight is 298 g/mol. The number of nitrogens with zero attached hydrogens (tertiary/aromatic N) is 2. The van der Waals surface area contributed by atoms with Crippen LogP contribution < -0.4 is 10.6 Å². The molecule has 0 spiro atoms. The van der Waals surface area contributed by atoms with E-state index in [9.17, 15) is 14.9 Å². The highest BCUT2D eigenvalue weighted by atomic mass is 32.2. The van der Waals surface area contributed by atoms with Gasteiger partial charge in [-0.3, -0.25) is 14.9 Å². The zero-order chi connectivity index (χ0) is 15.1. The van der Waals surface area contributed by atoms with Gasteiger partial charge in [0, 0.05) is 19.2 Å². The van der Waals surface area contributed by atoms with E-state index in [4.69, 9.17) is 0 Å². The summed E-state index contributed by atoms with van der Waals surface area (Å²) in [5.41, 5.74) is -0.0244. The van der Waals surface area contributed by atoms with Crippen molar-refractivity contribution in [2.24, 2.45) is 0 Å². The van der Waals surface area contributed by atoms with Crippen LogP contribution in [0.15, 0.2) is 12.3 Å². The second kappa shape index (κ2) is 7.68. The van der Waals surface area contributed by atoms with Crippen molar-refractivity contribution in [2.75, 3.05) is 24.4 Å². The van der Waals surface area contributed by atoms with Crippen molar-refractivity contribution in [1.82, 2.24) is 10.3 Å². The Morgan fingerprint density at radius 2 is 2.30 bits per heavy atom. The minimum absolute atomic E-state index is 0.00100. The van der Waals surface area contributed by atoms with Gasteiger partial charge in [-0.25, -0.2) is 4.98 Å². The van der Waals surface area contributed by atoms with Crippen molar-refractivity contribution in [2.45, 2.75) is 19.4 Å². The number of nitro groups is 1. The number of carbonyl (C=O) groups excluding carboxylic acids is 1. The molecule has 0 aliphatic heterocycles. The van der Waals surface area contributed by atoms with Crippen LogP contribution >= 0.6 is 11.8 Å². The third-order valence-corrected chi connectivity index (χ3v) is 3.34. The molecule has 2 N–H and O–H groups in total. The fraction of sp³-hybridized carbons (Fsp3) is 0.500. The quantitative estimate of drug-likeness (QED) is 0.589. The lowest BCUT2D eigenvalue weighted by Gasteiger charge is -2.14. The highest BCUT2D eigenvalue weighted by Gasteiger charge is 2.18. The summed E-state index contributed by atoms with van der Waals surface area (Å²) in [6.07, 6.45) is 3.96. The maximum atomic E-state index is 12.2. The standard InChI is InChI=1S/C12H18N4O3S/c1-8(4-5-20-3)15-12(17)10-6-9(16(18)19)7-14-11(10)13-2/h6-8H,4-5H2,1-3H3,(H,13,14)(H,15,17). The number of anilines is 1. The largest absolute Gasteiger partial charge is 0.372 e. The maximum Gasteiger partial charge on any atom is 0.288 e. The number of amides is 1. The molecule has 0 radical (unpaired) electrons. The maximum absolute atomic E-state index is 12.2. The molecule has 1 aromatic rings. The van der Waals surface area contributed by atoms with Crippen molar-refractivity contribution in [1.29, 1.82) is 0 Å². The van der Waals surface area contributed by atoms with Gasteiger partial charge in [0.25, 0.3) is 11.6 Å². The lowest BCUT2D eigenvalue weighted by atomic mass is 10.2. The molecule has 1 rings (SSSR count). The summed E-state index contributed by atoms with van der Waals surface area (Å²) in [7, 11) is 1.61. The van der Waals surface area contributed by atoms with E-state index in [1.54, 1.807) is 18.8 Å². The molecule has 7 nitrogen and oxygen atoms in total. The van der Waals surface area contributed by atoms with Crippen LogP contribution in [0.3, 0.4) is 0 Å². The predicted molar refractivity (Wildman–Crippen MR) is 80.4 cm³/mol. The fourth-order valence-corrected chi connectivity index (χ4v) is 2.18. The molecular weight excluding hydrogens is 280 g/mol. The summed E-state index contributed by atoms with van der Waals surface area (Å²) in [6, 6.07) is 1.23. The Bertz CT molecular complexity index is 496. The number of pyridine rings is 1. The smallest absolute Gasteiger partial charge is 0.288 e. The molecule has 20 heavy (non-hydrogen) atoms. The van der Waals surface area contributed by atoms with Crippen molar-refractivity contribution < 1.29 is 9.72 Å². The van der Waals surface area contributed by atoms with E-state index in [1.165, 1.54) is 6.07 Å². The first-order valence-corrected chi connectivity index (χ1v) is 7.51. The van der Waals surface area contributed by atoms with E-state index in [0.717, 1.165) is 18.4 Å². The van der Waals surface area contributed by atoms with Gasteiger partial charge in [0.15, 0.2) is 0 Å². The second-order valence-corrected chi connectivity index (χ2v) is 5.24. The molecule has 0 saturated carbocycles. The zero-order valence-electron chi connectivity index (χ0n) is 11.7. The number of aromatic nitrogens is 1. The number of thioether (sulfide) groups is 1. The highest BCUT2D eigenvalue weighted by Crippen LogP contribution is 2.19. The molecule has 1 atom stereocenters. The Kier molecular flexibility index (Phi) is 6.23. The minimum Gasteiger partial charge on any atom is -0.372 e. The minimum atomic E-state index is -0.569. The Hall–Kier alpha value is -1.83. The molecule has 110 valence electrons. The first-order valence-electron chi connectivity index (χ1n) is 6.11. The molecule has 1 heterocycles. The van der Waals surface area contributed by atoms with E-state index in [2.05, 4.69) is 15.6 Å². The van der Waals surface area contributed by atoms with E-state index in [1.807, 2.05) is 13.2 Å². The van der Waals surface area contributed by atoms with E-state index in [-0.39, 0.29) is 23.2 Å². The van der Waals surface area contributed by atoms with Crippen LogP contribution in [0, 0.1) is 10.1 Å². The number of nitrogens with one attached hydrogen (secondary N) is 2. The van der Waals surface area contributed by atoms with Gasteiger partial charge in [-0.05, 0) is 25.4 Å². The topological polar surface area (TPSA) is 97.2 Å². The monoisotopic (exact) mass is 298 g/mol. The molecule has 1 aromatic heterocycles. The molecule has 0 bridgehead atoms. The third kappa shape index (κ3) is 4.37. The molecule has 0 saturated heterocycles. The van der Waals surface area contributed by atoms with Gasteiger partial charge in [-0.1, -0.05) is 0 Å². The average Bonchev–Trinajstić information content (AvgIpc) is 2.44. The van der Waals surface area contributed by atoms with Crippen LogP contribution in [-0.2, 0) is 0 Å². The Morgan fingerprint density at radius 1 is 1.60 bits per heavy atom. The van der Waals surface area contributed by atoms with Crippen molar-refractivity contribution in [3.05, 3.63) is 27.9 Å². The van der Waals surface area contributed by atoms with Crippen LogP contribution in [0.25, 0.3) is 0 Å². The normalized spacial score (nSPS) is 11.8. The van der Waals surface area contributed by atoms with Crippen LogP contribution in [-0.4, -0.2) is 40.9 Å². The second-order valence-electron chi connectivity index (χ2n) is 4.25. The van der Waals surface area contributed by atoms with Crippen molar-refractivity contribution in [3.8, 4) is 0 Å². The van der Waals surface area contributed by atoms with Gasteiger partial charge in [-0.15, -0.1) is 0 Å². The highest BCUT2D eigenvalue weighted by molar-refractivity contribution is 7.98. The van der Waals surface area contributed by atoms with Crippen molar-refractivity contribution in [3.63, 3.8) is 0 Å². The lowest BCUT2D eigenvalue weighted by molar-refractivity contribution is -0.385. The summed E-state index contributed by atoms with van der Waals surface area (Å²) in [5, 5.41) is 16.3. The summed E-state index contributed by atoms with van der Waals surface area (Å²) in [6.45, 7) is 1.90. The van der Waals surface area contributed by atoms with Crippen LogP contribution in [0.1, 0.15) is 23.7 Å². The van der Waals surface area contributed by atoms with E-state index in [0.29, 0.717) is 5.82 Å². The molecule has 0 aliphatic carbocycles. The van der Waals surface area contributed by atoms with Crippen LogP contribution in [0.4, 0.5) is 11.5 Å². The SMILES string of the molecule is CNc1ncc([N+](=O)[O-])cc1C(=O)NC(C)CCSC. The number of carbonyl (C=O) groups is 1. The summed E-state index contributed by atoms with van der Waals surface area (Å²) in [4.78, 5) is 26.2. The van der Waals surface area contributed by atoms with E-state index < -0.39 is 4.92 Å². The molecule has 0 aliphatic rings. The summed E-state index contributed by atoms with van der Waals surface area (Å²) in [5.74, 6) is 0.900. The molecular formula is C12H18N4O3S. The lowest BCUT2D eigenvalue weighted by Crippen LogP contribution is -2.33. The van der Waals surface area contributed by atoms with Crippen LogP contribution in [0.2, 0.25) is 0 Å². The van der Waals surface area contributed by atoms with Gasteiger partial charge in [-0.2, -0.15) is 11.8 Å². The fourth-order valence-electron chi connectivity index (χ4n) is 1.59. The third-order valence-electron chi connectivity index (χ3n) is 2.70. The first kappa shape index (κ1) is 16.2. The molecule has 0 fully saturated rings. The summed E-state index contributed by atoms with van der Waals surface area (Å²) < 4.78 is 0. The van der Waals surface area contributed by atoms with E-state index >= 15 is 0 Å². The van der Waals surface area contributed by atoms with Gasteiger partial charge in [0.1, 0.15) is 12.0 Å². The van der Waals surface area contributed by atoms with Gasteiger partial charge < -0.3 is 10.6 Å². The molecule has 0 aromatic carbocycles. The van der Waals surface area contributed by atoms with Crippen molar-refractivity contribution >= 4 is 29.2 Å². The molecule has 1 amide bonds. The number of hydrogen-bond acceptors (Lipinski definition) is 6. The first-order chi connectivity index (χ1) is 9.49. The number of rotatable bonds is 7. The van der Waals surface area contributed by atoms with Gasteiger partial charge in [0.05, 0.1) is 10.5 Å². The van der Waals surface area contributed by atoms with Gasteiger partial charge in [0.2, 0.25) is 0 Å². The zero-order valence-corrected chi connectivity index (χ0v) is 12.5. The van der Waals surface area contributed by atoms with Gasteiger partial charge >= 0.3 is 0 Å². The number of hydrogen-bond donors (Lipinski definition) is 2. The summed E-state index contributed by atoms with van der Waals surface area (Å²) >= 11 is 1.70. The molecule has 8 heteroatoms. The predicted octanol–water partition coefficient (Wildman–Crippen LogP) is 1.90. The molecule has 1 unspecified atom stereocenters. The Morgan fingerprint density at radius 3 is 2.85 bits per heavy atom. The Balaban J connectivity index is 2.89. The Labute approximate surface area is 121 Å². The van der Waals surface area contributed by atoms with Crippen LogP contribution in [0.5, 0.6) is 0 Å².